The van der Waals surface area contributed by atoms with Crippen LogP contribution in [0.4, 0.5) is 10.5 Å². The Bertz CT molecular complexity index is 1230. The van der Waals surface area contributed by atoms with E-state index < -0.39 is 34.2 Å². The molecule has 35 heavy (non-hydrogen) atoms. The molecule has 0 unspecified atom stereocenters. The van der Waals surface area contributed by atoms with Crippen molar-refractivity contribution in [1.82, 2.24) is 4.90 Å². The Morgan fingerprint density at radius 1 is 1.23 bits per heavy atom. The van der Waals surface area contributed by atoms with Crippen molar-refractivity contribution in [3.8, 4) is 29.1 Å². The molecular formula is C23H21N3O9. The molecule has 1 heterocycles. The zero-order valence-electron chi connectivity index (χ0n) is 18.8. The maximum absolute atomic E-state index is 12.5. The van der Waals surface area contributed by atoms with Crippen molar-refractivity contribution in [3.05, 3.63) is 57.1 Å². The monoisotopic (exact) mass is 483 g/mol. The summed E-state index contributed by atoms with van der Waals surface area (Å²) in [7, 11) is 0. The second-order valence-corrected chi connectivity index (χ2v) is 7.12. The van der Waals surface area contributed by atoms with Crippen molar-refractivity contribution in [2.75, 3.05) is 19.9 Å². The number of phenols is 1. The number of carbonyl (C=O) groups excluding carboxylic acids is 2. The van der Waals surface area contributed by atoms with Crippen LogP contribution in [0.1, 0.15) is 25.0 Å². The van der Waals surface area contributed by atoms with Crippen LogP contribution in [0.5, 0.6) is 23.0 Å². The highest BCUT2D eigenvalue weighted by Crippen LogP contribution is 2.38. The molecule has 1 N–H and O–H groups in total. The highest BCUT2D eigenvalue weighted by atomic mass is 16.7. The van der Waals surface area contributed by atoms with Gasteiger partial charge in [-0.3, -0.25) is 14.9 Å². The molecule has 0 saturated carbocycles. The second kappa shape index (κ2) is 10.9. The third kappa shape index (κ3) is 5.77. The summed E-state index contributed by atoms with van der Waals surface area (Å²) in [5, 5.41) is 31.0. The van der Waals surface area contributed by atoms with Crippen LogP contribution in [0.3, 0.4) is 0 Å². The van der Waals surface area contributed by atoms with Crippen molar-refractivity contribution in [2.24, 2.45) is 0 Å². The Morgan fingerprint density at radius 3 is 2.60 bits per heavy atom. The molecule has 182 valence electrons. The number of hydrogen-bond donors (Lipinski definition) is 1. The van der Waals surface area contributed by atoms with Gasteiger partial charge in [-0.1, -0.05) is 6.07 Å². The molecule has 0 aromatic heterocycles. The van der Waals surface area contributed by atoms with Crippen LogP contribution in [0.25, 0.3) is 6.08 Å². The summed E-state index contributed by atoms with van der Waals surface area (Å²) in [6.45, 7) is 4.06. The lowest BCUT2D eigenvalue weighted by Crippen LogP contribution is -2.31. The SMILES string of the molecule is CCN(CC)C(=O)/C(C#N)=C/c1cc(OC(=O)OCc2ccc3c(c2)OCO3)c(O)c([N+](=O)[O-])c1. The minimum absolute atomic E-state index is 0.00914. The molecule has 0 bridgehead atoms. The maximum Gasteiger partial charge on any atom is 0.514 e. The van der Waals surface area contributed by atoms with Gasteiger partial charge in [-0.05, 0) is 49.2 Å². The number of nitrogens with zero attached hydrogens (tertiary/aromatic N) is 3. The fraction of sp³-hybridized carbons (Fsp3) is 0.261. The van der Waals surface area contributed by atoms with Crippen molar-refractivity contribution in [2.45, 2.75) is 20.5 Å². The van der Waals surface area contributed by atoms with Crippen molar-refractivity contribution >= 4 is 23.8 Å². The molecule has 0 fully saturated rings. The first kappa shape index (κ1) is 24.8. The number of aromatic hydroxyl groups is 1. The minimum atomic E-state index is -1.24. The van der Waals surface area contributed by atoms with Crippen LogP contribution in [0, 0.1) is 21.4 Å². The number of hydrogen-bond acceptors (Lipinski definition) is 10. The molecule has 0 aliphatic carbocycles. The van der Waals surface area contributed by atoms with Gasteiger partial charge < -0.3 is 29.0 Å². The molecule has 3 rings (SSSR count). The zero-order valence-corrected chi connectivity index (χ0v) is 18.8. The van der Waals surface area contributed by atoms with Gasteiger partial charge in [0.25, 0.3) is 5.91 Å². The molecule has 1 aliphatic rings. The summed E-state index contributed by atoms with van der Waals surface area (Å²) in [4.78, 5) is 36.6. The van der Waals surface area contributed by atoms with Gasteiger partial charge >= 0.3 is 11.8 Å². The van der Waals surface area contributed by atoms with E-state index in [0.717, 1.165) is 18.2 Å². The summed E-state index contributed by atoms with van der Waals surface area (Å²) < 4.78 is 20.4. The van der Waals surface area contributed by atoms with E-state index in [9.17, 15) is 30.1 Å². The number of nitro benzene ring substituents is 1. The van der Waals surface area contributed by atoms with Gasteiger partial charge in [0.2, 0.25) is 12.5 Å². The number of ether oxygens (including phenoxy) is 4. The lowest BCUT2D eigenvalue weighted by atomic mass is 10.1. The van der Waals surface area contributed by atoms with Gasteiger partial charge in [-0.15, -0.1) is 0 Å². The van der Waals surface area contributed by atoms with Crippen LogP contribution >= 0.6 is 0 Å². The van der Waals surface area contributed by atoms with Gasteiger partial charge in [-0.25, -0.2) is 4.79 Å². The summed E-state index contributed by atoms with van der Waals surface area (Å²) in [5.41, 5.74) is -0.522. The fourth-order valence-corrected chi connectivity index (χ4v) is 3.20. The molecule has 12 heteroatoms. The molecule has 1 amide bonds. The summed E-state index contributed by atoms with van der Waals surface area (Å²) in [5.74, 6) is -1.03. The number of amides is 1. The van der Waals surface area contributed by atoms with Gasteiger partial charge in [-0.2, -0.15) is 5.26 Å². The van der Waals surface area contributed by atoms with Crippen LogP contribution in [-0.2, 0) is 16.1 Å². The highest BCUT2D eigenvalue weighted by molar-refractivity contribution is 6.01. The molecule has 0 radical (unpaired) electrons. The third-order valence-electron chi connectivity index (χ3n) is 4.97. The molecule has 2 aromatic carbocycles. The molecule has 2 aromatic rings. The van der Waals surface area contributed by atoms with E-state index in [2.05, 4.69) is 0 Å². The number of benzene rings is 2. The van der Waals surface area contributed by atoms with Crippen LogP contribution < -0.4 is 14.2 Å². The van der Waals surface area contributed by atoms with Crippen molar-refractivity contribution < 1.29 is 38.6 Å². The Labute approximate surface area is 199 Å². The van der Waals surface area contributed by atoms with E-state index in [1.54, 1.807) is 38.1 Å². The highest BCUT2D eigenvalue weighted by Gasteiger charge is 2.24. The number of carbonyl (C=O) groups is 2. The summed E-state index contributed by atoms with van der Waals surface area (Å²) in [6, 6.07) is 8.69. The predicted octanol–water partition coefficient (Wildman–Crippen LogP) is 3.52. The first-order chi connectivity index (χ1) is 16.8. The van der Waals surface area contributed by atoms with Gasteiger partial charge in [0.05, 0.1) is 4.92 Å². The second-order valence-electron chi connectivity index (χ2n) is 7.12. The molecule has 0 spiro atoms. The average molecular weight is 483 g/mol. The molecule has 0 saturated heterocycles. The zero-order chi connectivity index (χ0) is 25.5. The van der Waals surface area contributed by atoms with Crippen LogP contribution in [0.15, 0.2) is 35.9 Å². The average Bonchev–Trinajstić information content (AvgIpc) is 3.31. The first-order valence-corrected chi connectivity index (χ1v) is 10.4. The Kier molecular flexibility index (Phi) is 7.73. The lowest BCUT2D eigenvalue weighted by Gasteiger charge is -2.17. The van der Waals surface area contributed by atoms with E-state index in [0.29, 0.717) is 30.2 Å². The molecule has 1 aliphatic heterocycles. The number of nitriles is 1. The fourth-order valence-electron chi connectivity index (χ4n) is 3.20. The first-order valence-electron chi connectivity index (χ1n) is 10.4. The van der Waals surface area contributed by atoms with Crippen molar-refractivity contribution in [3.63, 3.8) is 0 Å². The van der Waals surface area contributed by atoms with Crippen molar-refractivity contribution in [1.29, 1.82) is 5.26 Å². The smallest absolute Gasteiger partial charge is 0.499 e. The number of likely N-dealkylation sites (N-methyl/N-ethyl adjacent to an activating group) is 1. The van der Waals surface area contributed by atoms with E-state index in [4.69, 9.17) is 18.9 Å². The molecule has 0 atom stereocenters. The maximum atomic E-state index is 12.5. The number of rotatable bonds is 8. The van der Waals surface area contributed by atoms with Crippen LogP contribution in [0.2, 0.25) is 0 Å². The van der Waals surface area contributed by atoms with Gasteiger partial charge in [0, 0.05) is 19.2 Å². The summed E-state index contributed by atoms with van der Waals surface area (Å²) in [6.07, 6.45) is -0.133. The van der Waals surface area contributed by atoms with E-state index in [1.165, 1.54) is 4.90 Å². The Balaban J connectivity index is 1.82. The normalized spacial score (nSPS) is 12.0. The molecular weight excluding hydrogens is 462 g/mol. The molecule has 12 nitrogen and oxygen atoms in total. The summed E-state index contributed by atoms with van der Waals surface area (Å²) >= 11 is 0. The number of fused-ring (bicyclic) bond motifs is 1. The minimum Gasteiger partial charge on any atom is -0.499 e. The Morgan fingerprint density at radius 2 is 1.94 bits per heavy atom. The number of nitro groups is 1. The van der Waals surface area contributed by atoms with Gasteiger partial charge in [0.1, 0.15) is 18.2 Å². The number of phenolic OH excluding ortho intramolecular Hbond substituents is 1. The third-order valence-corrected chi connectivity index (χ3v) is 4.97. The Hall–Kier alpha value is -4.79. The largest absolute Gasteiger partial charge is 0.514 e. The lowest BCUT2D eigenvalue weighted by molar-refractivity contribution is -0.385. The standard InChI is InChI=1S/C23H21N3O9/c1-3-25(4-2)22(28)16(11-24)7-15-8-17(26(30)31)21(27)20(10-15)35-23(29)32-12-14-5-6-18-19(9-14)34-13-33-18/h5-10,27H,3-4,12-13H2,1-2H3/b16-7+. The predicted molar refractivity (Wildman–Crippen MR) is 120 cm³/mol. The van der Waals surface area contributed by atoms with E-state index in [-0.39, 0.29) is 24.5 Å². The topological polar surface area (TPSA) is 161 Å². The van der Waals surface area contributed by atoms with E-state index >= 15 is 0 Å². The van der Waals surface area contributed by atoms with Crippen LogP contribution in [-0.4, -0.2) is 46.9 Å². The quantitative estimate of drug-likeness (QED) is 0.147. The van der Waals surface area contributed by atoms with Gasteiger partial charge in [0.15, 0.2) is 17.2 Å². The van der Waals surface area contributed by atoms with E-state index in [1.807, 2.05) is 0 Å².